The van der Waals surface area contributed by atoms with Crippen LogP contribution in [-0.4, -0.2) is 37.1 Å². The molecule has 0 bridgehead atoms. The number of hydrogen-bond donors (Lipinski definition) is 1. The first-order chi connectivity index (χ1) is 7.22. The van der Waals surface area contributed by atoms with E-state index in [1.807, 2.05) is 0 Å². The van der Waals surface area contributed by atoms with Gasteiger partial charge in [-0.3, -0.25) is 0 Å². The fourth-order valence-electron chi connectivity index (χ4n) is 3.64. The van der Waals surface area contributed by atoms with Crippen molar-refractivity contribution in [3.63, 3.8) is 0 Å². The van der Waals surface area contributed by atoms with E-state index in [4.69, 9.17) is 0 Å². The lowest BCUT2D eigenvalue weighted by molar-refractivity contribution is 0.122. The number of likely N-dealkylation sites (N-methyl/N-ethyl adjacent to an activating group) is 1. The van der Waals surface area contributed by atoms with Crippen LogP contribution in [0, 0.1) is 11.8 Å². The number of fused-ring (bicyclic) bond motifs is 1. The van der Waals surface area contributed by atoms with Gasteiger partial charge in [0.1, 0.15) is 0 Å². The molecule has 15 heavy (non-hydrogen) atoms. The zero-order valence-corrected chi connectivity index (χ0v) is 10.5. The first kappa shape index (κ1) is 11.4. The third-order valence-electron chi connectivity index (χ3n) is 4.51. The van der Waals surface area contributed by atoms with E-state index in [0.29, 0.717) is 0 Å². The second-order valence-corrected chi connectivity index (χ2v) is 5.60. The Balaban J connectivity index is 2.11. The first-order valence-corrected chi connectivity index (χ1v) is 6.66. The average Bonchev–Trinajstić information content (AvgIpc) is 2.36. The fraction of sp³-hybridized carbons (Fsp3) is 1.00. The van der Waals surface area contributed by atoms with Crippen molar-refractivity contribution in [2.45, 2.75) is 51.6 Å². The monoisotopic (exact) mass is 210 g/mol. The molecule has 2 rings (SSSR count). The van der Waals surface area contributed by atoms with Crippen LogP contribution >= 0.6 is 0 Å². The molecule has 88 valence electrons. The third kappa shape index (κ3) is 2.36. The Hall–Kier alpha value is -0.0800. The zero-order chi connectivity index (χ0) is 10.8. The molecule has 1 N–H and O–H groups in total. The predicted molar refractivity (Wildman–Crippen MR) is 65.0 cm³/mol. The van der Waals surface area contributed by atoms with Crippen molar-refractivity contribution >= 4 is 0 Å². The van der Waals surface area contributed by atoms with Gasteiger partial charge in [-0.1, -0.05) is 13.8 Å². The molecule has 0 aromatic rings. The van der Waals surface area contributed by atoms with Crippen molar-refractivity contribution in [3.05, 3.63) is 0 Å². The van der Waals surface area contributed by atoms with E-state index in [9.17, 15) is 0 Å². The van der Waals surface area contributed by atoms with Crippen LogP contribution in [-0.2, 0) is 0 Å². The van der Waals surface area contributed by atoms with Crippen LogP contribution in [0.5, 0.6) is 0 Å². The first-order valence-electron chi connectivity index (χ1n) is 6.66. The van der Waals surface area contributed by atoms with Crippen LogP contribution < -0.4 is 5.32 Å². The molecule has 1 heterocycles. The van der Waals surface area contributed by atoms with E-state index in [1.165, 1.54) is 38.8 Å². The van der Waals surface area contributed by atoms with E-state index in [1.54, 1.807) is 0 Å². The van der Waals surface area contributed by atoms with Gasteiger partial charge in [-0.2, -0.15) is 0 Å². The van der Waals surface area contributed by atoms with Crippen molar-refractivity contribution in [2.75, 3.05) is 20.1 Å². The van der Waals surface area contributed by atoms with Gasteiger partial charge in [-0.25, -0.2) is 0 Å². The van der Waals surface area contributed by atoms with Crippen LogP contribution in [0.1, 0.15) is 39.5 Å². The quantitative estimate of drug-likeness (QED) is 0.713. The predicted octanol–water partition coefficient (Wildman–Crippen LogP) is 2.10. The largest absolute Gasteiger partial charge is 0.312 e. The smallest absolute Gasteiger partial charge is 0.0133 e. The van der Waals surface area contributed by atoms with E-state index >= 15 is 0 Å². The molecule has 1 saturated heterocycles. The Kier molecular flexibility index (Phi) is 3.68. The van der Waals surface area contributed by atoms with Crippen LogP contribution in [0.2, 0.25) is 0 Å². The molecule has 0 radical (unpaired) electrons. The Morgan fingerprint density at radius 3 is 2.87 bits per heavy atom. The standard InChI is InChI=1S/C13H26N2/c1-4-13-11-9-10(2)5-6-12(11)14-7-8-15(13)3/h10-14H,4-9H2,1-3H3/t10?,11-,12?,13+/m1/s1. The highest BCUT2D eigenvalue weighted by atomic mass is 15.2. The lowest BCUT2D eigenvalue weighted by Gasteiger charge is -2.40. The average molecular weight is 210 g/mol. The van der Waals surface area contributed by atoms with Gasteiger partial charge in [-0.05, 0) is 44.6 Å². The molecule has 0 amide bonds. The molecule has 1 aliphatic heterocycles. The summed E-state index contributed by atoms with van der Waals surface area (Å²) in [5.41, 5.74) is 0. The summed E-state index contributed by atoms with van der Waals surface area (Å²) < 4.78 is 0. The zero-order valence-electron chi connectivity index (χ0n) is 10.5. The van der Waals surface area contributed by atoms with Gasteiger partial charge in [0.2, 0.25) is 0 Å². The highest BCUT2D eigenvalue weighted by molar-refractivity contribution is 4.93. The van der Waals surface area contributed by atoms with Gasteiger partial charge in [0, 0.05) is 25.2 Å². The summed E-state index contributed by atoms with van der Waals surface area (Å²) in [6.07, 6.45) is 5.57. The van der Waals surface area contributed by atoms with Crippen molar-refractivity contribution in [1.82, 2.24) is 10.2 Å². The lowest BCUT2D eigenvalue weighted by atomic mass is 9.74. The highest BCUT2D eigenvalue weighted by Crippen LogP contribution is 2.34. The summed E-state index contributed by atoms with van der Waals surface area (Å²) in [5.74, 6) is 1.83. The van der Waals surface area contributed by atoms with E-state index in [-0.39, 0.29) is 0 Å². The lowest BCUT2D eigenvalue weighted by Crippen LogP contribution is -2.46. The Morgan fingerprint density at radius 1 is 1.33 bits per heavy atom. The summed E-state index contributed by atoms with van der Waals surface area (Å²) in [4.78, 5) is 2.58. The second-order valence-electron chi connectivity index (χ2n) is 5.60. The number of hydrogen-bond acceptors (Lipinski definition) is 2. The van der Waals surface area contributed by atoms with Crippen LogP contribution in [0.3, 0.4) is 0 Å². The molecule has 2 unspecified atom stereocenters. The summed E-state index contributed by atoms with van der Waals surface area (Å²) in [6.45, 7) is 7.18. The number of nitrogens with zero attached hydrogens (tertiary/aromatic N) is 1. The van der Waals surface area contributed by atoms with Crippen molar-refractivity contribution < 1.29 is 0 Å². The van der Waals surface area contributed by atoms with Gasteiger partial charge in [0.05, 0.1) is 0 Å². The minimum Gasteiger partial charge on any atom is -0.312 e. The SMILES string of the molecule is CC[C@H]1[C@@H]2CC(C)CCC2NCCN1C. The molecule has 0 spiro atoms. The minimum absolute atomic E-state index is 0.802. The molecule has 2 aliphatic rings. The Morgan fingerprint density at radius 2 is 2.13 bits per heavy atom. The number of nitrogens with one attached hydrogen (secondary N) is 1. The summed E-state index contributed by atoms with van der Waals surface area (Å²) in [7, 11) is 2.30. The van der Waals surface area contributed by atoms with Gasteiger partial charge in [0.25, 0.3) is 0 Å². The maximum Gasteiger partial charge on any atom is 0.0133 e. The van der Waals surface area contributed by atoms with Crippen molar-refractivity contribution in [3.8, 4) is 0 Å². The van der Waals surface area contributed by atoms with Crippen molar-refractivity contribution in [1.29, 1.82) is 0 Å². The van der Waals surface area contributed by atoms with Crippen LogP contribution in [0.4, 0.5) is 0 Å². The molecule has 0 aromatic heterocycles. The normalized spacial score (nSPS) is 43.4. The Bertz CT molecular complexity index is 203. The fourth-order valence-corrected chi connectivity index (χ4v) is 3.64. The van der Waals surface area contributed by atoms with Gasteiger partial charge >= 0.3 is 0 Å². The molecular weight excluding hydrogens is 184 g/mol. The third-order valence-corrected chi connectivity index (χ3v) is 4.51. The van der Waals surface area contributed by atoms with Gasteiger partial charge in [0.15, 0.2) is 0 Å². The van der Waals surface area contributed by atoms with E-state index < -0.39 is 0 Å². The highest BCUT2D eigenvalue weighted by Gasteiger charge is 2.36. The maximum atomic E-state index is 3.76. The van der Waals surface area contributed by atoms with E-state index in [2.05, 4.69) is 31.1 Å². The van der Waals surface area contributed by atoms with Gasteiger partial charge < -0.3 is 10.2 Å². The minimum atomic E-state index is 0.802. The van der Waals surface area contributed by atoms with E-state index in [0.717, 1.165) is 23.9 Å². The topological polar surface area (TPSA) is 15.3 Å². The van der Waals surface area contributed by atoms with Crippen LogP contribution in [0.15, 0.2) is 0 Å². The molecule has 2 nitrogen and oxygen atoms in total. The second kappa shape index (κ2) is 4.84. The molecule has 1 saturated carbocycles. The molecule has 2 fully saturated rings. The summed E-state index contributed by atoms with van der Waals surface area (Å²) >= 11 is 0. The molecule has 4 atom stereocenters. The van der Waals surface area contributed by atoms with Gasteiger partial charge in [-0.15, -0.1) is 0 Å². The summed E-state index contributed by atoms with van der Waals surface area (Å²) in [5, 5.41) is 3.76. The van der Waals surface area contributed by atoms with Crippen molar-refractivity contribution in [2.24, 2.45) is 11.8 Å². The number of rotatable bonds is 1. The molecule has 2 heteroatoms. The molecule has 0 aromatic carbocycles. The maximum absolute atomic E-state index is 3.76. The Labute approximate surface area is 94.4 Å². The molecule has 1 aliphatic carbocycles. The summed E-state index contributed by atoms with van der Waals surface area (Å²) in [6, 6.07) is 1.61. The van der Waals surface area contributed by atoms with Crippen LogP contribution in [0.25, 0.3) is 0 Å². The molecular formula is C13H26N2.